The third kappa shape index (κ3) is 3.41. The molecule has 0 fully saturated rings. The Kier molecular flexibility index (Phi) is 4.68. The van der Waals surface area contributed by atoms with Crippen molar-refractivity contribution >= 4 is 34.0 Å². The van der Waals surface area contributed by atoms with Crippen LogP contribution in [0.2, 0.25) is 0 Å². The minimum Gasteiger partial charge on any atom is -0.491 e. The van der Waals surface area contributed by atoms with Gasteiger partial charge in [0.2, 0.25) is 0 Å². The summed E-state index contributed by atoms with van der Waals surface area (Å²) in [6.07, 6.45) is 1.85. The second kappa shape index (κ2) is 7.70. The molecule has 2 aromatic carbocycles. The number of aryl methyl sites for hydroxylation is 1. The first-order chi connectivity index (χ1) is 17.2. The SMILES string of the molecule is Cn1cc(N(C(=O)c2ccc3nc(N)c4cncn4c3c2)[C@@H]2COc3cc(C(F)(F)F)ccc32)cn1. The monoisotopic (exact) mass is 493 g/mol. The van der Waals surface area contributed by atoms with Crippen molar-refractivity contribution in [1.82, 2.24) is 24.1 Å². The first-order valence-corrected chi connectivity index (χ1v) is 10.9. The molecule has 182 valence electrons. The van der Waals surface area contributed by atoms with Crippen molar-refractivity contribution in [2.45, 2.75) is 12.2 Å². The summed E-state index contributed by atoms with van der Waals surface area (Å²) in [5.74, 6) is 0.0279. The van der Waals surface area contributed by atoms with E-state index in [-0.39, 0.29) is 18.3 Å². The van der Waals surface area contributed by atoms with Crippen molar-refractivity contribution in [2.24, 2.45) is 7.05 Å². The lowest BCUT2D eigenvalue weighted by Gasteiger charge is -2.27. The topological polar surface area (TPSA) is 104 Å². The summed E-state index contributed by atoms with van der Waals surface area (Å²) in [6, 6.07) is 7.66. The van der Waals surface area contributed by atoms with Crippen LogP contribution in [0.4, 0.5) is 24.7 Å². The fraction of sp³-hybridized carbons (Fsp3) is 0.167. The summed E-state index contributed by atoms with van der Waals surface area (Å²) in [5.41, 5.74) is 8.32. The lowest BCUT2D eigenvalue weighted by molar-refractivity contribution is -0.137. The van der Waals surface area contributed by atoms with E-state index in [9.17, 15) is 18.0 Å². The van der Waals surface area contributed by atoms with Gasteiger partial charge in [0.05, 0.1) is 47.0 Å². The van der Waals surface area contributed by atoms with Crippen molar-refractivity contribution in [2.75, 3.05) is 17.2 Å². The molecule has 36 heavy (non-hydrogen) atoms. The number of nitrogens with two attached hydrogens (primary N) is 1. The standard InChI is InChI=1S/C24H18F3N7O2/c1-32-10-15(8-30-32)34(20-11-36-21-7-14(24(25,26)27)3-4-16(20)21)23(35)13-2-5-17-18(6-13)33-12-29-9-19(33)22(28)31-17/h2-10,12,20H,11H2,1H3,(H2,28,31)/t20-/m1/s1. The summed E-state index contributed by atoms with van der Waals surface area (Å²) in [5, 5.41) is 4.18. The Balaban J connectivity index is 1.46. The number of fused-ring (bicyclic) bond motifs is 4. The molecule has 3 aromatic heterocycles. The number of carbonyl (C=O) groups is 1. The lowest BCUT2D eigenvalue weighted by Crippen LogP contribution is -2.35. The molecule has 2 N–H and O–H groups in total. The molecule has 0 radical (unpaired) electrons. The number of carbonyl (C=O) groups excluding carboxylic acids is 1. The number of imidazole rings is 1. The number of anilines is 2. The molecule has 0 spiro atoms. The summed E-state index contributed by atoms with van der Waals surface area (Å²) >= 11 is 0. The number of alkyl halides is 3. The van der Waals surface area contributed by atoms with E-state index in [1.165, 1.54) is 17.2 Å². The first kappa shape index (κ1) is 21.9. The largest absolute Gasteiger partial charge is 0.491 e. The third-order valence-corrected chi connectivity index (χ3v) is 6.22. The molecule has 9 nitrogen and oxygen atoms in total. The molecule has 0 unspecified atom stereocenters. The van der Waals surface area contributed by atoms with Gasteiger partial charge >= 0.3 is 6.18 Å². The van der Waals surface area contributed by atoms with Gasteiger partial charge in [-0.1, -0.05) is 6.07 Å². The van der Waals surface area contributed by atoms with E-state index < -0.39 is 17.8 Å². The third-order valence-electron chi connectivity index (χ3n) is 6.22. The normalized spacial score (nSPS) is 15.3. The summed E-state index contributed by atoms with van der Waals surface area (Å²) in [4.78, 5) is 23.9. The number of halogens is 3. The molecule has 12 heteroatoms. The van der Waals surface area contributed by atoms with Crippen LogP contribution in [0.25, 0.3) is 16.6 Å². The van der Waals surface area contributed by atoms with Crippen LogP contribution < -0.4 is 15.4 Å². The summed E-state index contributed by atoms with van der Waals surface area (Å²) < 4.78 is 48.6. The average Bonchev–Trinajstić information content (AvgIpc) is 3.59. The fourth-order valence-electron chi connectivity index (χ4n) is 4.50. The zero-order valence-electron chi connectivity index (χ0n) is 18.8. The van der Waals surface area contributed by atoms with E-state index in [0.717, 1.165) is 12.1 Å². The maximum absolute atomic E-state index is 13.9. The van der Waals surface area contributed by atoms with Crippen LogP contribution in [0, 0.1) is 0 Å². The number of rotatable bonds is 3. The molecule has 0 aliphatic carbocycles. The smallest absolute Gasteiger partial charge is 0.416 e. The molecule has 0 bridgehead atoms. The molecule has 6 rings (SSSR count). The maximum atomic E-state index is 13.9. The maximum Gasteiger partial charge on any atom is 0.416 e. The molecule has 1 amide bonds. The van der Waals surface area contributed by atoms with E-state index >= 15 is 0 Å². The van der Waals surface area contributed by atoms with Gasteiger partial charge in [0.25, 0.3) is 5.91 Å². The van der Waals surface area contributed by atoms with Crippen LogP contribution in [0.1, 0.15) is 27.5 Å². The van der Waals surface area contributed by atoms with Gasteiger partial charge in [-0.15, -0.1) is 0 Å². The van der Waals surface area contributed by atoms with Gasteiger partial charge in [-0.25, -0.2) is 9.97 Å². The van der Waals surface area contributed by atoms with Crippen LogP contribution in [0.15, 0.2) is 61.3 Å². The lowest BCUT2D eigenvalue weighted by atomic mass is 10.0. The number of hydrogen-bond acceptors (Lipinski definition) is 6. The van der Waals surface area contributed by atoms with Crippen molar-refractivity contribution in [1.29, 1.82) is 0 Å². The molecule has 0 saturated heterocycles. The van der Waals surface area contributed by atoms with Crippen LogP contribution >= 0.6 is 0 Å². The quantitative estimate of drug-likeness (QED) is 0.408. The van der Waals surface area contributed by atoms with E-state index in [0.29, 0.717) is 39.2 Å². The zero-order chi connectivity index (χ0) is 25.2. The fourth-order valence-corrected chi connectivity index (χ4v) is 4.50. The van der Waals surface area contributed by atoms with Crippen LogP contribution in [0.3, 0.4) is 0 Å². The molecule has 1 atom stereocenters. The number of amides is 1. The van der Waals surface area contributed by atoms with Gasteiger partial charge < -0.3 is 10.5 Å². The number of hydrogen-bond donors (Lipinski definition) is 1. The van der Waals surface area contributed by atoms with Gasteiger partial charge in [0.1, 0.15) is 23.7 Å². The zero-order valence-corrected chi connectivity index (χ0v) is 18.8. The van der Waals surface area contributed by atoms with Gasteiger partial charge in [-0.2, -0.15) is 18.3 Å². The van der Waals surface area contributed by atoms with Crippen molar-refractivity contribution < 1.29 is 22.7 Å². The molecular weight excluding hydrogens is 475 g/mol. The van der Waals surface area contributed by atoms with E-state index in [1.54, 1.807) is 53.1 Å². The number of aromatic nitrogens is 5. The second-order valence-electron chi connectivity index (χ2n) is 8.47. The first-order valence-electron chi connectivity index (χ1n) is 10.9. The van der Waals surface area contributed by atoms with Gasteiger partial charge in [0.15, 0.2) is 0 Å². The second-order valence-corrected chi connectivity index (χ2v) is 8.47. The van der Waals surface area contributed by atoms with Crippen LogP contribution in [0.5, 0.6) is 5.75 Å². The van der Waals surface area contributed by atoms with Gasteiger partial charge in [0, 0.05) is 24.4 Å². The number of benzene rings is 2. The minimum absolute atomic E-state index is 0.00524. The van der Waals surface area contributed by atoms with Gasteiger partial charge in [-0.3, -0.25) is 18.8 Å². The Hall–Kier alpha value is -4.61. The highest BCUT2D eigenvalue weighted by atomic mass is 19.4. The Morgan fingerprint density at radius 1 is 1.17 bits per heavy atom. The van der Waals surface area contributed by atoms with Crippen LogP contribution in [-0.2, 0) is 13.2 Å². The Labute approximate surface area is 201 Å². The minimum atomic E-state index is -4.50. The highest BCUT2D eigenvalue weighted by molar-refractivity contribution is 6.08. The van der Waals surface area contributed by atoms with Gasteiger partial charge in [-0.05, 0) is 30.3 Å². The van der Waals surface area contributed by atoms with Crippen molar-refractivity contribution in [3.05, 3.63) is 78.0 Å². The highest BCUT2D eigenvalue weighted by Crippen LogP contribution is 2.42. The predicted molar refractivity (Wildman–Crippen MR) is 125 cm³/mol. The van der Waals surface area contributed by atoms with Crippen LogP contribution in [-0.4, -0.2) is 36.7 Å². The Morgan fingerprint density at radius 3 is 2.75 bits per heavy atom. The van der Waals surface area contributed by atoms with Crippen molar-refractivity contribution in [3.63, 3.8) is 0 Å². The summed E-state index contributed by atoms with van der Waals surface area (Å²) in [6.45, 7) is -0.00524. The van der Waals surface area contributed by atoms with E-state index in [2.05, 4.69) is 15.1 Å². The Bertz CT molecular complexity index is 1660. The highest BCUT2D eigenvalue weighted by Gasteiger charge is 2.38. The average molecular weight is 493 g/mol. The molecule has 1 aliphatic heterocycles. The molecule has 1 aliphatic rings. The molecular formula is C24H18F3N7O2. The molecule has 4 heterocycles. The summed E-state index contributed by atoms with van der Waals surface area (Å²) in [7, 11) is 1.71. The molecule has 5 aromatic rings. The number of nitrogen functional groups attached to an aromatic ring is 1. The Morgan fingerprint density at radius 2 is 2.00 bits per heavy atom. The molecule has 0 saturated carbocycles. The van der Waals surface area contributed by atoms with Crippen molar-refractivity contribution in [3.8, 4) is 5.75 Å². The van der Waals surface area contributed by atoms with E-state index in [1.807, 2.05) is 0 Å². The number of ether oxygens (including phenoxy) is 1. The predicted octanol–water partition coefficient (Wildman–Crippen LogP) is 4.00. The number of nitrogens with zero attached hydrogens (tertiary/aromatic N) is 6. The van der Waals surface area contributed by atoms with E-state index in [4.69, 9.17) is 10.5 Å².